The molecule has 2 rings (SSSR count). The molecule has 12 heteroatoms. The van der Waals surface area contributed by atoms with Crippen LogP contribution in [-0.2, 0) is 0 Å². The molecule has 2 aromatic rings. The molecule has 3 N–H and O–H groups in total. The number of H-pyrrole nitrogens is 1. The minimum absolute atomic E-state index is 0. The number of nitrogens with zero attached hydrogens (tertiary/aromatic N) is 2. The van der Waals surface area contributed by atoms with Gasteiger partial charge in [-0.2, -0.15) is 15.4 Å². The first-order valence-electron chi connectivity index (χ1n) is 4.89. The monoisotopic (exact) mass is 391 g/mol. The zero-order valence-electron chi connectivity index (χ0n) is 13.2. The summed E-state index contributed by atoms with van der Waals surface area (Å²) in [7, 11) is 0. The summed E-state index contributed by atoms with van der Waals surface area (Å²) < 4.78 is 0. The van der Waals surface area contributed by atoms with Crippen LogP contribution in [0, 0.1) is 0 Å². The molecule has 8 nitrogen and oxygen atoms in total. The maximum atomic E-state index is 9.14. The zero-order valence-corrected chi connectivity index (χ0v) is 22.6. The average Bonchev–Trinajstić information content (AvgIpc) is 2.65. The molecule has 0 radical (unpaired) electrons. The second kappa shape index (κ2) is 21.5. The van der Waals surface area contributed by atoms with E-state index in [0.29, 0.717) is 11.0 Å². The first kappa shape index (κ1) is 35.6. The molecule has 0 spiro atoms. The third kappa shape index (κ3) is 20.5. The molecule has 0 unspecified atom stereocenters. The Morgan fingerprint density at radius 2 is 1.59 bits per heavy atom. The maximum Gasteiger partial charge on any atom is 1.00 e. The molecule has 0 saturated carbocycles. The Morgan fingerprint density at radius 3 is 1.95 bits per heavy atom. The molecule has 0 aliphatic rings. The molecule has 1 heterocycles. The number of halogens is 1. The van der Waals surface area contributed by atoms with E-state index >= 15 is 0 Å². The first-order chi connectivity index (χ1) is 8.34. The zero-order chi connectivity index (χ0) is 14.1. The van der Waals surface area contributed by atoms with Crippen LogP contribution in [0.3, 0.4) is 0 Å². The van der Waals surface area contributed by atoms with Gasteiger partial charge in [0.2, 0.25) is 0 Å². The van der Waals surface area contributed by atoms with Crippen molar-refractivity contribution in [2.24, 2.45) is 0 Å². The van der Waals surface area contributed by atoms with Crippen LogP contribution in [0.4, 0.5) is 4.79 Å². The third-order valence-corrected chi connectivity index (χ3v) is 1.33. The number of para-hydroxylation sites is 1. The summed E-state index contributed by atoms with van der Waals surface area (Å²) in [6.07, 6.45) is -2.50. The van der Waals surface area contributed by atoms with E-state index in [1.807, 2.05) is 0 Å². The Hall–Kier alpha value is 2.49. The number of aromatic hydroxyl groups is 1. The fraction of sp³-hybridized carbons (Fsp3) is 0.300. The van der Waals surface area contributed by atoms with E-state index in [-0.39, 0.29) is 171 Å². The Balaban J connectivity index is -0.0000000708. The van der Waals surface area contributed by atoms with E-state index in [4.69, 9.17) is 25.2 Å². The number of aliphatic hydroxyl groups is 1. The molecule has 0 bridgehead atoms. The van der Waals surface area contributed by atoms with Crippen molar-refractivity contribution in [1.29, 1.82) is 0 Å². The molecule has 0 aliphatic carbocycles. The summed E-state index contributed by atoms with van der Waals surface area (Å²) in [4.78, 5) is 8.33. The number of hydrogen-bond acceptors (Lipinski definition) is 7. The van der Waals surface area contributed by atoms with Crippen LogP contribution in [-0.4, -0.2) is 37.9 Å². The van der Waals surface area contributed by atoms with Crippen molar-refractivity contribution in [2.75, 3.05) is 0 Å². The number of nitrogens with one attached hydrogen (secondary N) is 1. The Bertz CT molecular complexity index is 495. The van der Waals surface area contributed by atoms with E-state index in [9.17, 15) is 0 Å². The molecular formula is C10H13FK3N3O5. The van der Waals surface area contributed by atoms with Gasteiger partial charge in [-0.1, -0.05) is 6.07 Å². The quantitative estimate of drug-likeness (QED) is 0.378. The van der Waals surface area contributed by atoms with Crippen LogP contribution in [0.2, 0.25) is 0 Å². The second-order valence-corrected chi connectivity index (χ2v) is 3.31. The number of carbonyl (C=O) groups excluding carboxylic acids is 1. The van der Waals surface area contributed by atoms with E-state index in [2.05, 4.69) is 15.4 Å². The van der Waals surface area contributed by atoms with Crippen LogP contribution in [0.5, 0.6) is 5.75 Å². The third-order valence-electron chi connectivity index (χ3n) is 1.33. The van der Waals surface area contributed by atoms with E-state index in [0.717, 1.165) is 0 Å². The van der Waals surface area contributed by atoms with Crippen LogP contribution in [0.15, 0.2) is 18.2 Å². The molecule has 0 amide bonds. The van der Waals surface area contributed by atoms with Gasteiger partial charge in [0, 0.05) is 6.10 Å². The van der Waals surface area contributed by atoms with Gasteiger partial charge in [-0.25, -0.2) is 0 Å². The number of rotatable bonds is 0. The normalized spacial score (nSPS) is 7.45. The molecule has 22 heavy (non-hydrogen) atoms. The van der Waals surface area contributed by atoms with Gasteiger partial charge in [-0.15, -0.1) is 0 Å². The van der Waals surface area contributed by atoms with Gasteiger partial charge < -0.3 is 29.9 Å². The number of fused-ring (bicyclic) bond motifs is 1. The number of phenolic OH excluding ortho intramolecular Hbond substituents is 1. The maximum absolute atomic E-state index is 9.14. The minimum atomic E-state index is -2.33. The molecule has 1 aromatic heterocycles. The Morgan fingerprint density at radius 1 is 1.18 bits per heavy atom. The number of hydrogen-bond donors (Lipinski definition) is 3. The Kier molecular flexibility index (Phi) is 34.8. The van der Waals surface area contributed by atoms with Gasteiger partial charge >= 0.3 is 154 Å². The van der Waals surface area contributed by atoms with Crippen molar-refractivity contribution >= 4 is 17.2 Å². The second-order valence-electron chi connectivity index (χ2n) is 3.31. The smallest absolute Gasteiger partial charge is 1.00 e. The molecular weight excluding hydrogens is 378 g/mol. The molecule has 1 aromatic carbocycles. The van der Waals surface area contributed by atoms with Crippen LogP contribution in [0.25, 0.3) is 11.0 Å². The van der Waals surface area contributed by atoms with Crippen molar-refractivity contribution in [1.82, 2.24) is 15.4 Å². The van der Waals surface area contributed by atoms with E-state index in [1.54, 1.807) is 32.0 Å². The van der Waals surface area contributed by atoms with Crippen molar-refractivity contribution in [3.8, 4) is 5.75 Å². The number of carboxylic acid groups (broad SMARTS) is 2. The predicted molar refractivity (Wildman–Crippen MR) is 58.3 cm³/mol. The van der Waals surface area contributed by atoms with Crippen LogP contribution in [0.1, 0.15) is 13.8 Å². The van der Waals surface area contributed by atoms with Crippen molar-refractivity contribution in [2.45, 2.75) is 20.0 Å². The van der Waals surface area contributed by atoms with Gasteiger partial charge in [0.1, 0.15) is 11.3 Å². The predicted octanol–water partition coefficient (Wildman–Crippen LogP) is -13.4. The standard InChI is InChI=1S/C6H5N3O.C3H8O.CH2O3.FH.3K/c10-5-3-1-2-4-6(5)8-9-7-4;1-3(2)4;2-1(3)4;;;;/h1-3,10H,(H,7,8,9);3-4H,1-2H3;(H2,2,3,4);1H;;;/q;;;;3*+1/p-3. The number of benzene rings is 1. The average molecular weight is 392 g/mol. The summed E-state index contributed by atoms with van der Waals surface area (Å²) in [6.45, 7) is 3.44. The summed E-state index contributed by atoms with van der Waals surface area (Å²) in [5, 5.41) is 43.8. The number of aliphatic hydroxyl groups excluding tert-OH is 1. The van der Waals surface area contributed by atoms with E-state index < -0.39 is 6.16 Å². The minimum Gasteiger partial charge on any atom is -1.00 e. The molecule has 0 aliphatic heterocycles. The van der Waals surface area contributed by atoms with Crippen molar-refractivity contribution in [3.05, 3.63) is 18.2 Å². The number of phenols is 1. The largest absolute Gasteiger partial charge is 1.00 e. The summed E-state index contributed by atoms with van der Waals surface area (Å²) in [5.74, 6) is 0.159. The van der Waals surface area contributed by atoms with Crippen LogP contribution >= 0.6 is 0 Å². The summed E-state index contributed by atoms with van der Waals surface area (Å²) >= 11 is 0. The van der Waals surface area contributed by atoms with E-state index in [1.165, 1.54) is 0 Å². The van der Waals surface area contributed by atoms with Gasteiger partial charge in [-0.05, 0) is 32.1 Å². The molecule has 0 fully saturated rings. The topological polar surface area (TPSA) is 145 Å². The van der Waals surface area contributed by atoms with Crippen molar-refractivity contribution < 1.29 is 184 Å². The fourth-order valence-electron chi connectivity index (χ4n) is 0.853. The molecule has 108 valence electrons. The number of aromatic nitrogens is 3. The number of aromatic amines is 1. The summed E-state index contributed by atoms with van der Waals surface area (Å²) in [6, 6.07) is 5.07. The summed E-state index contributed by atoms with van der Waals surface area (Å²) in [5.41, 5.74) is 1.20. The van der Waals surface area contributed by atoms with Gasteiger partial charge in [-0.3, -0.25) is 0 Å². The Labute approximate surface area is 254 Å². The van der Waals surface area contributed by atoms with Crippen LogP contribution < -0.4 is 169 Å². The molecule has 0 saturated heterocycles. The van der Waals surface area contributed by atoms with Crippen molar-refractivity contribution in [3.63, 3.8) is 0 Å². The SMILES string of the molecule is CC(C)O.O=C([O-])[O-].Oc1cccc2n[nH]nc12.[F-].[K+].[K+].[K+]. The first-order valence-corrected chi connectivity index (χ1v) is 4.89. The van der Waals surface area contributed by atoms with Gasteiger partial charge in [0.15, 0.2) is 5.52 Å². The van der Waals surface area contributed by atoms with Gasteiger partial charge in [0.25, 0.3) is 0 Å². The molecule has 0 atom stereocenters. The van der Waals surface area contributed by atoms with Gasteiger partial charge in [0.05, 0.1) is 0 Å². The number of carbonyl (C=O) groups is 1. The fourth-order valence-corrected chi connectivity index (χ4v) is 0.853.